The van der Waals surface area contributed by atoms with Gasteiger partial charge in [-0.1, -0.05) is 18.2 Å². The number of para-hydroxylation sites is 1. The highest BCUT2D eigenvalue weighted by Crippen LogP contribution is 2.23. The van der Waals surface area contributed by atoms with Crippen molar-refractivity contribution >= 4 is 27.3 Å². The Morgan fingerprint density at radius 3 is 2.50 bits per heavy atom. The molecule has 2 aromatic rings. The molecule has 0 saturated heterocycles. The smallest absolute Gasteiger partial charge is 0.264 e. The number of benzene rings is 2. The van der Waals surface area contributed by atoms with Crippen molar-refractivity contribution in [3.8, 4) is 0 Å². The Morgan fingerprint density at radius 1 is 1.10 bits per heavy atom. The van der Waals surface area contributed by atoms with Crippen LogP contribution in [0.15, 0.2) is 47.4 Å². The zero-order valence-electron chi connectivity index (χ0n) is 10.1. The summed E-state index contributed by atoms with van der Waals surface area (Å²) in [6.45, 7) is 0. The summed E-state index contributed by atoms with van der Waals surface area (Å²) in [5.41, 5.74) is 0.765. The Balaban J connectivity index is 2.43. The topological polar surface area (TPSA) is 46.2 Å². The third kappa shape index (κ3) is 3.08. The highest BCUT2D eigenvalue weighted by molar-refractivity contribution is 7.92. The molecule has 0 fully saturated rings. The molecule has 1 N–H and O–H groups in total. The SMILES string of the molecule is O=S(=O)(Nc1ccccc1CCl)c1cc(F)ccc1F. The van der Waals surface area contributed by atoms with Crippen molar-refractivity contribution in [3.63, 3.8) is 0 Å². The molecule has 0 radical (unpaired) electrons. The van der Waals surface area contributed by atoms with Gasteiger partial charge >= 0.3 is 0 Å². The highest BCUT2D eigenvalue weighted by atomic mass is 35.5. The molecule has 0 aliphatic carbocycles. The zero-order valence-corrected chi connectivity index (χ0v) is 11.7. The van der Waals surface area contributed by atoms with Crippen LogP contribution in [-0.4, -0.2) is 8.42 Å². The van der Waals surface area contributed by atoms with E-state index in [2.05, 4.69) is 4.72 Å². The summed E-state index contributed by atoms with van der Waals surface area (Å²) in [5.74, 6) is -1.77. The van der Waals surface area contributed by atoms with E-state index in [1.807, 2.05) is 0 Å². The summed E-state index contributed by atoms with van der Waals surface area (Å²) in [4.78, 5) is -0.748. The molecule has 2 aromatic carbocycles. The lowest BCUT2D eigenvalue weighted by molar-refractivity contribution is 0.555. The van der Waals surface area contributed by atoms with Crippen LogP contribution in [0.2, 0.25) is 0 Å². The first-order chi connectivity index (χ1) is 9.44. The molecule has 7 heteroatoms. The van der Waals surface area contributed by atoms with Gasteiger partial charge in [-0.15, -0.1) is 11.6 Å². The first kappa shape index (κ1) is 14.7. The van der Waals surface area contributed by atoms with Gasteiger partial charge in [0.2, 0.25) is 0 Å². The molecular weight excluding hydrogens is 308 g/mol. The number of hydrogen-bond acceptors (Lipinski definition) is 2. The normalized spacial score (nSPS) is 11.3. The van der Waals surface area contributed by atoms with Crippen molar-refractivity contribution in [2.24, 2.45) is 0 Å². The number of halogens is 3. The standard InChI is InChI=1S/C13H10ClF2NO2S/c14-8-9-3-1-2-4-12(9)17-20(18,19)13-7-10(15)5-6-11(13)16/h1-7,17H,8H2. The Kier molecular flexibility index (Phi) is 4.25. The lowest BCUT2D eigenvalue weighted by Crippen LogP contribution is -2.15. The van der Waals surface area contributed by atoms with Crippen LogP contribution in [0, 0.1) is 11.6 Å². The molecule has 106 valence electrons. The molecule has 2 rings (SSSR count). The van der Waals surface area contributed by atoms with Crippen LogP contribution in [0.25, 0.3) is 0 Å². The van der Waals surface area contributed by atoms with Crippen LogP contribution in [0.5, 0.6) is 0 Å². The summed E-state index contributed by atoms with van der Waals surface area (Å²) in [5, 5.41) is 0. The third-order valence-corrected chi connectivity index (χ3v) is 4.26. The molecule has 3 nitrogen and oxygen atoms in total. The average Bonchev–Trinajstić information content (AvgIpc) is 2.41. The lowest BCUT2D eigenvalue weighted by Gasteiger charge is -2.11. The van der Waals surface area contributed by atoms with Gasteiger partial charge in [0.15, 0.2) is 0 Å². The number of nitrogens with one attached hydrogen (secondary N) is 1. The molecule has 0 saturated carbocycles. The Hall–Kier alpha value is -1.66. The second-order valence-electron chi connectivity index (χ2n) is 3.97. The average molecular weight is 318 g/mol. The summed E-state index contributed by atoms with van der Waals surface area (Å²) in [6.07, 6.45) is 0. The third-order valence-electron chi connectivity index (χ3n) is 2.59. The highest BCUT2D eigenvalue weighted by Gasteiger charge is 2.20. The Labute approximate surface area is 120 Å². The van der Waals surface area contributed by atoms with E-state index in [1.54, 1.807) is 18.2 Å². The summed E-state index contributed by atoms with van der Waals surface area (Å²) in [7, 11) is -4.22. The van der Waals surface area contributed by atoms with Crippen LogP contribution < -0.4 is 4.72 Å². The van der Waals surface area contributed by atoms with Gasteiger partial charge in [-0.25, -0.2) is 17.2 Å². The summed E-state index contributed by atoms with van der Waals surface area (Å²) < 4.78 is 53.0. The molecule has 0 bridgehead atoms. The number of alkyl halides is 1. The molecule has 0 heterocycles. The minimum Gasteiger partial charge on any atom is -0.279 e. The van der Waals surface area contributed by atoms with E-state index in [0.29, 0.717) is 11.6 Å². The maximum absolute atomic E-state index is 13.5. The van der Waals surface area contributed by atoms with Crippen LogP contribution in [0.3, 0.4) is 0 Å². The largest absolute Gasteiger partial charge is 0.279 e. The molecule has 0 aromatic heterocycles. The van der Waals surface area contributed by atoms with Gasteiger partial charge in [0, 0.05) is 5.88 Å². The first-order valence-electron chi connectivity index (χ1n) is 5.56. The van der Waals surface area contributed by atoms with E-state index < -0.39 is 26.6 Å². The van der Waals surface area contributed by atoms with Crippen LogP contribution >= 0.6 is 11.6 Å². The van der Waals surface area contributed by atoms with E-state index in [9.17, 15) is 17.2 Å². The number of anilines is 1. The van der Waals surface area contributed by atoms with E-state index in [1.165, 1.54) is 6.07 Å². The number of sulfonamides is 1. The monoisotopic (exact) mass is 317 g/mol. The molecule has 20 heavy (non-hydrogen) atoms. The van der Waals surface area contributed by atoms with Crippen molar-refractivity contribution in [3.05, 3.63) is 59.7 Å². The van der Waals surface area contributed by atoms with Crippen LogP contribution in [-0.2, 0) is 15.9 Å². The predicted molar refractivity (Wildman–Crippen MR) is 73.2 cm³/mol. The maximum Gasteiger partial charge on any atom is 0.264 e. The Morgan fingerprint density at radius 2 is 1.80 bits per heavy atom. The molecule has 0 atom stereocenters. The van der Waals surface area contributed by atoms with Gasteiger partial charge in [-0.2, -0.15) is 0 Å². The first-order valence-corrected chi connectivity index (χ1v) is 7.57. The number of rotatable bonds is 4. The molecule has 0 spiro atoms. The molecular formula is C13H10ClF2NO2S. The second-order valence-corrected chi connectivity index (χ2v) is 5.89. The fourth-order valence-corrected chi connectivity index (χ4v) is 3.04. The summed E-state index contributed by atoms with van der Waals surface area (Å²) >= 11 is 5.69. The van der Waals surface area contributed by atoms with Crippen molar-refractivity contribution in [2.75, 3.05) is 4.72 Å². The van der Waals surface area contributed by atoms with Crippen molar-refractivity contribution in [1.82, 2.24) is 0 Å². The van der Waals surface area contributed by atoms with Gasteiger partial charge in [0.05, 0.1) is 5.69 Å². The van der Waals surface area contributed by atoms with Gasteiger partial charge in [0.25, 0.3) is 10.0 Å². The molecule has 0 aliphatic rings. The second kappa shape index (κ2) is 5.76. The van der Waals surface area contributed by atoms with Crippen molar-refractivity contribution in [1.29, 1.82) is 0 Å². The minimum absolute atomic E-state index is 0.0876. The molecule has 0 amide bonds. The lowest BCUT2D eigenvalue weighted by atomic mass is 10.2. The Bertz CT molecular complexity index is 735. The maximum atomic E-state index is 13.5. The van der Waals surface area contributed by atoms with Gasteiger partial charge in [0.1, 0.15) is 16.5 Å². The van der Waals surface area contributed by atoms with E-state index in [4.69, 9.17) is 11.6 Å². The van der Waals surface area contributed by atoms with Crippen molar-refractivity contribution < 1.29 is 17.2 Å². The fraction of sp³-hybridized carbons (Fsp3) is 0.0769. The number of hydrogen-bond donors (Lipinski definition) is 1. The van der Waals surface area contributed by atoms with E-state index in [-0.39, 0.29) is 11.6 Å². The summed E-state index contributed by atoms with van der Waals surface area (Å²) in [6, 6.07) is 8.66. The van der Waals surface area contributed by atoms with Gasteiger partial charge in [-0.05, 0) is 29.8 Å². The quantitative estimate of drug-likeness (QED) is 0.877. The fourth-order valence-electron chi connectivity index (χ4n) is 1.62. The predicted octanol–water partition coefficient (Wildman–Crippen LogP) is 3.50. The van der Waals surface area contributed by atoms with E-state index in [0.717, 1.165) is 12.1 Å². The zero-order chi connectivity index (χ0) is 14.8. The van der Waals surface area contributed by atoms with Crippen molar-refractivity contribution in [2.45, 2.75) is 10.8 Å². The molecule has 0 aliphatic heterocycles. The van der Waals surface area contributed by atoms with Crippen LogP contribution in [0.1, 0.15) is 5.56 Å². The molecule has 0 unspecified atom stereocenters. The van der Waals surface area contributed by atoms with E-state index >= 15 is 0 Å². The van der Waals surface area contributed by atoms with Gasteiger partial charge < -0.3 is 0 Å². The minimum atomic E-state index is -4.22. The van der Waals surface area contributed by atoms with Crippen LogP contribution in [0.4, 0.5) is 14.5 Å². The van der Waals surface area contributed by atoms with Gasteiger partial charge in [-0.3, -0.25) is 4.72 Å².